The summed E-state index contributed by atoms with van der Waals surface area (Å²) >= 11 is 1.50. The van der Waals surface area contributed by atoms with Crippen LogP contribution in [0.4, 0.5) is 5.95 Å². The first-order chi connectivity index (χ1) is 13.0. The van der Waals surface area contributed by atoms with Crippen LogP contribution in [0.3, 0.4) is 0 Å². The zero-order valence-electron chi connectivity index (χ0n) is 15.1. The Morgan fingerprint density at radius 2 is 1.93 bits per heavy atom. The highest BCUT2D eigenvalue weighted by atomic mass is 32.1. The van der Waals surface area contributed by atoms with Gasteiger partial charge >= 0.3 is 0 Å². The van der Waals surface area contributed by atoms with Gasteiger partial charge in [0.15, 0.2) is 11.5 Å². The lowest BCUT2D eigenvalue weighted by atomic mass is 10.2. The van der Waals surface area contributed by atoms with Gasteiger partial charge in [0.05, 0.1) is 18.3 Å². The van der Waals surface area contributed by atoms with Crippen molar-refractivity contribution in [2.24, 2.45) is 0 Å². The first-order valence-electron chi connectivity index (χ1n) is 8.11. The molecule has 0 aliphatic carbocycles. The maximum Gasteiger partial charge on any atom is 0.269 e. The van der Waals surface area contributed by atoms with Crippen LogP contribution in [0.5, 0.6) is 11.5 Å². The fraction of sp³-hybridized carbons (Fsp3) is 0.222. The van der Waals surface area contributed by atoms with E-state index in [1.54, 1.807) is 23.7 Å². The molecule has 0 saturated carbocycles. The quantitative estimate of drug-likeness (QED) is 0.603. The second kappa shape index (κ2) is 8.45. The molecule has 0 saturated heterocycles. The van der Waals surface area contributed by atoms with E-state index in [2.05, 4.69) is 25.8 Å². The normalized spacial score (nSPS) is 10.3. The zero-order valence-corrected chi connectivity index (χ0v) is 16.0. The molecule has 0 radical (unpaired) electrons. The summed E-state index contributed by atoms with van der Waals surface area (Å²) in [5.41, 5.74) is 9.90. The summed E-state index contributed by atoms with van der Waals surface area (Å²) < 4.78 is 11.0. The number of amides is 1. The highest BCUT2D eigenvalue weighted by molar-refractivity contribution is 7.07. The number of aromatic nitrogens is 3. The van der Waals surface area contributed by atoms with E-state index in [1.807, 2.05) is 25.3 Å². The van der Waals surface area contributed by atoms with Crippen LogP contribution in [-0.2, 0) is 6.61 Å². The molecule has 0 bridgehead atoms. The van der Waals surface area contributed by atoms with Crippen LogP contribution in [0.1, 0.15) is 27.4 Å². The lowest BCUT2D eigenvalue weighted by Gasteiger charge is -2.12. The minimum absolute atomic E-state index is 0.330. The number of methoxy groups -OCH3 is 1. The minimum atomic E-state index is -0.345. The van der Waals surface area contributed by atoms with Gasteiger partial charge in [-0.15, -0.1) is 11.3 Å². The van der Waals surface area contributed by atoms with Crippen molar-refractivity contribution in [2.45, 2.75) is 20.5 Å². The SMILES string of the molecule is COc1cc(C(=O)NNc2nc(C)cc(C)n2)ccc1OCc1cscn1. The van der Waals surface area contributed by atoms with Crippen molar-refractivity contribution < 1.29 is 14.3 Å². The maximum atomic E-state index is 12.4. The van der Waals surface area contributed by atoms with Crippen molar-refractivity contribution in [3.8, 4) is 11.5 Å². The number of ether oxygens (including phenoxy) is 2. The van der Waals surface area contributed by atoms with Crippen molar-refractivity contribution in [1.82, 2.24) is 20.4 Å². The first-order valence-corrected chi connectivity index (χ1v) is 9.06. The maximum absolute atomic E-state index is 12.4. The molecule has 3 aromatic rings. The van der Waals surface area contributed by atoms with Gasteiger partial charge in [-0.05, 0) is 38.1 Å². The number of benzene rings is 1. The van der Waals surface area contributed by atoms with E-state index in [-0.39, 0.29) is 5.91 Å². The van der Waals surface area contributed by atoms with Gasteiger partial charge in [0.1, 0.15) is 6.61 Å². The Balaban J connectivity index is 1.65. The fourth-order valence-corrected chi connectivity index (χ4v) is 2.90. The number of hydrogen-bond acceptors (Lipinski definition) is 8. The Labute approximate surface area is 160 Å². The molecule has 3 rings (SSSR count). The summed E-state index contributed by atoms with van der Waals surface area (Å²) in [6, 6.07) is 6.80. The summed E-state index contributed by atoms with van der Waals surface area (Å²) in [7, 11) is 1.52. The molecule has 0 aliphatic rings. The van der Waals surface area contributed by atoms with E-state index in [1.165, 1.54) is 18.4 Å². The lowest BCUT2D eigenvalue weighted by molar-refractivity contribution is 0.0961. The van der Waals surface area contributed by atoms with E-state index < -0.39 is 0 Å². The molecule has 0 spiro atoms. The van der Waals surface area contributed by atoms with Crippen molar-refractivity contribution in [2.75, 3.05) is 12.5 Å². The number of nitrogens with one attached hydrogen (secondary N) is 2. The predicted molar refractivity (Wildman–Crippen MR) is 102 cm³/mol. The van der Waals surface area contributed by atoms with E-state index >= 15 is 0 Å². The zero-order chi connectivity index (χ0) is 19.2. The molecule has 0 atom stereocenters. The molecule has 0 aliphatic heterocycles. The number of rotatable bonds is 7. The smallest absolute Gasteiger partial charge is 0.269 e. The molecule has 2 aromatic heterocycles. The molecule has 27 heavy (non-hydrogen) atoms. The Morgan fingerprint density at radius 1 is 1.15 bits per heavy atom. The molecule has 8 nitrogen and oxygen atoms in total. The van der Waals surface area contributed by atoms with Gasteiger partial charge in [-0.2, -0.15) is 0 Å². The Morgan fingerprint density at radius 3 is 2.59 bits per heavy atom. The second-order valence-corrected chi connectivity index (χ2v) is 6.41. The van der Waals surface area contributed by atoms with Crippen LogP contribution < -0.4 is 20.3 Å². The molecule has 1 aromatic carbocycles. The summed E-state index contributed by atoms with van der Waals surface area (Å²) in [4.78, 5) is 25.0. The second-order valence-electron chi connectivity index (χ2n) is 5.69. The van der Waals surface area contributed by atoms with Gasteiger partial charge in [0.2, 0.25) is 5.95 Å². The van der Waals surface area contributed by atoms with Crippen LogP contribution in [0.25, 0.3) is 0 Å². The molecule has 2 N–H and O–H groups in total. The van der Waals surface area contributed by atoms with Crippen molar-refractivity contribution in [3.05, 3.63) is 57.8 Å². The number of thiazole rings is 1. The lowest BCUT2D eigenvalue weighted by Crippen LogP contribution is -2.30. The summed E-state index contributed by atoms with van der Waals surface area (Å²) in [6.45, 7) is 4.05. The van der Waals surface area contributed by atoms with E-state index in [0.717, 1.165) is 17.1 Å². The molecule has 0 unspecified atom stereocenters. The van der Waals surface area contributed by atoms with Gasteiger partial charge in [-0.25, -0.2) is 15.0 Å². The molecular weight excluding hydrogens is 366 g/mol. The third kappa shape index (κ3) is 4.91. The summed E-state index contributed by atoms with van der Waals surface area (Å²) in [5, 5.41) is 1.91. The number of hydrogen-bond donors (Lipinski definition) is 2. The molecule has 1 amide bonds. The van der Waals surface area contributed by atoms with Crippen LogP contribution in [0, 0.1) is 13.8 Å². The number of carbonyl (C=O) groups is 1. The van der Waals surface area contributed by atoms with Crippen molar-refractivity contribution in [3.63, 3.8) is 0 Å². The van der Waals surface area contributed by atoms with E-state index in [0.29, 0.717) is 29.6 Å². The average molecular weight is 385 g/mol. The standard InChI is InChI=1S/C18H19N5O3S/c1-11-6-12(2)21-18(20-11)23-22-17(24)13-4-5-15(16(7-13)25-3)26-8-14-9-27-10-19-14/h4-7,9-10H,8H2,1-3H3,(H,22,24)(H,20,21,23). The van der Waals surface area contributed by atoms with Gasteiger partial charge in [-0.3, -0.25) is 15.6 Å². The number of aryl methyl sites for hydroxylation is 2. The van der Waals surface area contributed by atoms with Gasteiger partial charge in [-0.1, -0.05) is 0 Å². The third-order valence-corrected chi connectivity index (χ3v) is 4.19. The van der Waals surface area contributed by atoms with Crippen LogP contribution in [-0.4, -0.2) is 28.0 Å². The molecule has 9 heteroatoms. The van der Waals surface area contributed by atoms with E-state index in [9.17, 15) is 4.79 Å². The number of hydrazine groups is 1. The third-order valence-electron chi connectivity index (χ3n) is 3.55. The first kappa shape index (κ1) is 18.6. The topological polar surface area (TPSA) is 98.3 Å². The molecule has 140 valence electrons. The largest absolute Gasteiger partial charge is 0.493 e. The highest BCUT2D eigenvalue weighted by Gasteiger charge is 2.12. The summed E-state index contributed by atoms with van der Waals surface area (Å²) in [5.74, 6) is 0.978. The van der Waals surface area contributed by atoms with Crippen molar-refractivity contribution >= 4 is 23.2 Å². The average Bonchev–Trinajstić information content (AvgIpc) is 3.17. The van der Waals surface area contributed by atoms with Gasteiger partial charge in [0.25, 0.3) is 5.91 Å². The summed E-state index contributed by atoms with van der Waals surface area (Å²) in [6.07, 6.45) is 0. The molecule has 0 fully saturated rings. The van der Waals surface area contributed by atoms with Gasteiger partial charge in [0, 0.05) is 22.3 Å². The minimum Gasteiger partial charge on any atom is -0.493 e. The molecular formula is C18H19N5O3S. The van der Waals surface area contributed by atoms with Crippen LogP contribution >= 0.6 is 11.3 Å². The fourth-order valence-electron chi connectivity index (χ4n) is 2.36. The Kier molecular flexibility index (Phi) is 5.82. The highest BCUT2D eigenvalue weighted by Crippen LogP contribution is 2.28. The number of anilines is 1. The van der Waals surface area contributed by atoms with Crippen molar-refractivity contribution in [1.29, 1.82) is 0 Å². The molecule has 2 heterocycles. The Hall–Kier alpha value is -3.20. The number of nitrogens with zero attached hydrogens (tertiary/aromatic N) is 3. The monoisotopic (exact) mass is 385 g/mol. The predicted octanol–water partition coefficient (Wildman–Crippen LogP) is 2.89. The van der Waals surface area contributed by atoms with E-state index in [4.69, 9.17) is 9.47 Å². The van der Waals surface area contributed by atoms with Crippen LogP contribution in [0.15, 0.2) is 35.2 Å². The van der Waals surface area contributed by atoms with Crippen LogP contribution in [0.2, 0.25) is 0 Å². The van der Waals surface area contributed by atoms with Gasteiger partial charge < -0.3 is 9.47 Å². The number of carbonyl (C=O) groups excluding carboxylic acids is 1. The Bertz CT molecular complexity index is 911.